The number of aromatic nitrogens is 3. The van der Waals surface area contributed by atoms with Gasteiger partial charge in [-0.1, -0.05) is 23.7 Å². The third-order valence-electron chi connectivity index (χ3n) is 5.10. The molecule has 9 nitrogen and oxygen atoms in total. The average Bonchev–Trinajstić information content (AvgIpc) is 3.11. The van der Waals surface area contributed by atoms with Crippen LogP contribution in [0.2, 0.25) is 5.02 Å². The largest absolute Gasteiger partial charge is 0.490 e. The van der Waals surface area contributed by atoms with E-state index in [1.54, 1.807) is 0 Å². The first-order chi connectivity index (χ1) is 15.1. The van der Waals surface area contributed by atoms with Crippen LogP contribution in [0.25, 0.3) is 0 Å². The van der Waals surface area contributed by atoms with Crippen LogP contribution in [0, 0.1) is 6.92 Å². The molecule has 1 aliphatic heterocycles. The van der Waals surface area contributed by atoms with Crippen molar-refractivity contribution < 1.29 is 9.47 Å². The molecule has 11 heteroatoms. The van der Waals surface area contributed by atoms with Crippen LogP contribution in [0.15, 0.2) is 29.3 Å². The fourth-order valence-electron chi connectivity index (χ4n) is 3.14. The number of halogens is 2. The molecule has 0 aliphatic carbocycles. The van der Waals surface area contributed by atoms with E-state index in [1.165, 1.54) is 0 Å². The van der Waals surface area contributed by atoms with Crippen LogP contribution >= 0.6 is 35.6 Å². The lowest BCUT2D eigenvalue weighted by atomic mass is 10.3. The molecule has 3 rings (SSSR count). The van der Waals surface area contributed by atoms with Gasteiger partial charge in [-0.25, -0.2) is 4.99 Å². The van der Waals surface area contributed by atoms with Crippen molar-refractivity contribution in [2.24, 2.45) is 12.0 Å². The van der Waals surface area contributed by atoms with Crippen molar-refractivity contribution in [2.75, 3.05) is 52.5 Å². The van der Waals surface area contributed by atoms with E-state index in [9.17, 15) is 0 Å². The summed E-state index contributed by atoms with van der Waals surface area (Å²) in [5.74, 6) is 3.09. The minimum atomic E-state index is 0. The number of aliphatic imine (C=N–C) groups is 1. The lowest BCUT2D eigenvalue weighted by molar-refractivity contribution is 0.0376. The van der Waals surface area contributed by atoms with Gasteiger partial charge in [0.15, 0.2) is 11.8 Å². The van der Waals surface area contributed by atoms with Gasteiger partial charge >= 0.3 is 0 Å². The first-order valence-electron chi connectivity index (χ1n) is 10.7. The number of nitrogens with one attached hydrogen (secondary N) is 2. The zero-order chi connectivity index (χ0) is 21.9. The lowest BCUT2D eigenvalue weighted by Crippen LogP contribution is -2.42. The van der Waals surface area contributed by atoms with Gasteiger partial charge in [0.05, 0.1) is 24.8 Å². The minimum absolute atomic E-state index is 0. The fraction of sp³-hybridized carbons (Fsp3) is 0.571. The number of para-hydroxylation sites is 1. The van der Waals surface area contributed by atoms with Gasteiger partial charge in [-0.15, -0.1) is 34.2 Å². The van der Waals surface area contributed by atoms with Crippen LogP contribution < -0.4 is 15.4 Å². The van der Waals surface area contributed by atoms with Crippen molar-refractivity contribution in [3.63, 3.8) is 0 Å². The summed E-state index contributed by atoms with van der Waals surface area (Å²) < 4.78 is 13.1. The summed E-state index contributed by atoms with van der Waals surface area (Å²) >= 11 is 6.14. The third kappa shape index (κ3) is 8.72. The maximum Gasteiger partial charge on any atom is 0.191 e. The average molecular weight is 578 g/mol. The Hall–Kier alpha value is -1.63. The Morgan fingerprint density at radius 2 is 1.94 bits per heavy atom. The predicted octanol–water partition coefficient (Wildman–Crippen LogP) is 2.23. The van der Waals surface area contributed by atoms with E-state index in [0.29, 0.717) is 30.5 Å². The van der Waals surface area contributed by atoms with E-state index in [-0.39, 0.29) is 24.0 Å². The summed E-state index contributed by atoms with van der Waals surface area (Å²) in [6, 6.07) is 7.46. The summed E-state index contributed by atoms with van der Waals surface area (Å²) in [5, 5.41) is 15.6. The van der Waals surface area contributed by atoms with Crippen LogP contribution in [0.3, 0.4) is 0 Å². The highest BCUT2D eigenvalue weighted by atomic mass is 127. The monoisotopic (exact) mass is 577 g/mol. The molecule has 32 heavy (non-hydrogen) atoms. The molecule has 1 aromatic carbocycles. The third-order valence-corrected chi connectivity index (χ3v) is 5.41. The Balaban J connectivity index is 0.00000363. The maximum atomic E-state index is 6.14. The second kappa shape index (κ2) is 14.5. The molecule has 0 bridgehead atoms. The first kappa shape index (κ1) is 26.6. The molecule has 2 heterocycles. The topological polar surface area (TPSA) is 88.8 Å². The van der Waals surface area contributed by atoms with Crippen molar-refractivity contribution in [1.82, 2.24) is 30.3 Å². The van der Waals surface area contributed by atoms with Gasteiger partial charge in [-0.2, -0.15) is 0 Å². The van der Waals surface area contributed by atoms with Gasteiger partial charge in [0.25, 0.3) is 0 Å². The summed E-state index contributed by atoms with van der Waals surface area (Å²) in [6.45, 7) is 8.97. The van der Waals surface area contributed by atoms with Crippen molar-refractivity contribution in [3.8, 4) is 5.75 Å². The standard InChI is InChI=1S/C21H32ClN7O2.HI/c1-17-26-27-20(28(17)2)16-25-21(23-8-5-10-29-11-14-30-15-12-29)24-9-13-31-19-7-4-3-6-18(19)22;/h3-4,6-7H,5,8-16H2,1-2H3,(H2,23,24,25);1H. The zero-order valence-corrected chi connectivity index (χ0v) is 21.8. The smallest absolute Gasteiger partial charge is 0.191 e. The summed E-state index contributed by atoms with van der Waals surface area (Å²) in [6.07, 6.45) is 1.03. The second-order valence-electron chi connectivity index (χ2n) is 7.33. The molecule has 0 amide bonds. The van der Waals surface area contributed by atoms with E-state index in [0.717, 1.165) is 63.4 Å². The Labute approximate surface area is 211 Å². The van der Waals surface area contributed by atoms with Gasteiger partial charge < -0.3 is 24.7 Å². The Bertz CT molecular complexity index is 843. The predicted molar refractivity (Wildman–Crippen MR) is 137 cm³/mol. The normalized spacial score (nSPS) is 14.7. The number of hydrogen-bond acceptors (Lipinski definition) is 6. The van der Waals surface area contributed by atoms with Crippen LogP contribution in [-0.4, -0.2) is 78.2 Å². The molecule has 0 radical (unpaired) electrons. The number of morpholine rings is 1. The summed E-state index contributed by atoms with van der Waals surface area (Å²) in [4.78, 5) is 7.10. The molecule has 0 atom stereocenters. The van der Waals surface area contributed by atoms with Gasteiger partial charge in [0.1, 0.15) is 24.7 Å². The van der Waals surface area contributed by atoms with Gasteiger partial charge in [0.2, 0.25) is 0 Å². The second-order valence-corrected chi connectivity index (χ2v) is 7.73. The molecular formula is C21H33ClIN7O2. The number of ether oxygens (including phenoxy) is 2. The van der Waals surface area contributed by atoms with E-state index < -0.39 is 0 Å². The number of hydrogen-bond donors (Lipinski definition) is 2. The van der Waals surface area contributed by atoms with Gasteiger partial charge in [0, 0.05) is 26.7 Å². The molecular weight excluding hydrogens is 545 g/mol. The van der Waals surface area contributed by atoms with E-state index in [1.807, 2.05) is 42.8 Å². The fourth-order valence-corrected chi connectivity index (χ4v) is 3.33. The van der Waals surface area contributed by atoms with E-state index in [4.69, 9.17) is 21.1 Å². The SMILES string of the molecule is Cc1nnc(CN=C(NCCCN2CCOCC2)NCCOc2ccccc2Cl)n1C.I. The molecule has 2 N–H and O–H groups in total. The van der Waals surface area contributed by atoms with Crippen LogP contribution in [0.4, 0.5) is 0 Å². The molecule has 1 aliphatic rings. The molecule has 1 aromatic heterocycles. The van der Waals surface area contributed by atoms with Gasteiger partial charge in [-0.3, -0.25) is 4.90 Å². The highest BCUT2D eigenvalue weighted by Crippen LogP contribution is 2.22. The van der Waals surface area contributed by atoms with E-state index >= 15 is 0 Å². The van der Waals surface area contributed by atoms with Gasteiger partial charge in [-0.05, 0) is 32.0 Å². The molecule has 1 fully saturated rings. The van der Waals surface area contributed by atoms with Crippen LogP contribution in [-0.2, 0) is 18.3 Å². The molecule has 0 unspecified atom stereocenters. The number of rotatable bonds is 10. The van der Waals surface area contributed by atoms with Crippen LogP contribution in [0.1, 0.15) is 18.1 Å². The molecule has 178 valence electrons. The Kier molecular flexibility index (Phi) is 12.1. The van der Waals surface area contributed by atoms with Crippen molar-refractivity contribution in [3.05, 3.63) is 40.9 Å². The minimum Gasteiger partial charge on any atom is -0.490 e. The number of aryl methyl sites for hydroxylation is 1. The molecule has 2 aromatic rings. The number of guanidine groups is 1. The van der Waals surface area contributed by atoms with E-state index in [2.05, 4.69) is 30.7 Å². The first-order valence-corrected chi connectivity index (χ1v) is 11.1. The summed E-state index contributed by atoms with van der Waals surface area (Å²) in [7, 11) is 1.94. The maximum absolute atomic E-state index is 6.14. The van der Waals surface area contributed by atoms with Crippen LogP contribution in [0.5, 0.6) is 5.75 Å². The Morgan fingerprint density at radius 3 is 2.66 bits per heavy atom. The quantitative estimate of drug-likeness (QED) is 0.194. The lowest BCUT2D eigenvalue weighted by Gasteiger charge is -2.26. The molecule has 0 saturated carbocycles. The van der Waals surface area contributed by atoms with Crippen molar-refractivity contribution in [2.45, 2.75) is 19.9 Å². The Morgan fingerprint density at radius 1 is 1.19 bits per heavy atom. The van der Waals surface area contributed by atoms with Crippen molar-refractivity contribution >= 4 is 41.5 Å². The summed E-state index contributed by atoms with van der Waals surface area (Å²) in [5.41, 5.74) is 0. The van der Waals surface area contributed by atoms with Crippen molar-refractivity contribution in [1.29, 1.82) is 0 Å². The highest BCUT2D eigenvalue weighted by molar-refractivity contribution is 14.0. The highest BCUT2D eigenvalue weighted by Gasteiger charge is 2.10. The number of benzene rings is 1. The molecule has 1 saturated heterocycles. The number of nitrogens with zero attached hydrogens (tertiary/aromatic N) is 5. The zero-order valence-electron chi connectivity index (χ0n) is 18.7. The molecule has 0 spiro atoms.